The highest BCUT2D eigenvalue weighted by molar-refractivity contribution is 5.88. The third kappa shape index (κ3) is 5.86. The Bertz CT molecular complexity index is 1710. The van der Waals surface area contributed by atoms with Gasteiger partial charge in [-0.3, -0.25) is 0 Å². The van der Waals surface area contributed by atoms with Crippen LogP contribution in [0.5, 0.6) is 0 Å². The molecule has 0 unspecified atom stereocenters. The number of allylic oxidation sites excluding steroid dienone is 1. The van der Waals surface area contributed by atoms with Gasteiger partial charge in [0.1, 0.15) is 0 Å². The quantitative estimate of drug-likeness (QED) is 0.252. The molecule has 4 heteroatoms. The second-order valence-corrected chi connectivity index (χ2v) is 9.27. The molecule has 0 spiro atoms. The number of benzene rings is 5. The summed E-state index contributed by atoms with van der Waals surface area (Å²) in [5.74, 6) is 0. The van der Waals surface area contributed by atoms with E-state index in [4.69, 9.17) is 5.73 Å². The Morgan fingerprint density at radius 2 is 0.949 bits per heavy atom. The van der Waals surface area contributed by atoms with Crippen LogP contribution in [0.15, 0.2) is 128 Å². The molecule has 5 aromatic rings. The van der Waals surface area contributed by atoms with Crippen LogP contribution in [0.25, 0.3) is 51.6 Å². The highest BCUT2D eigenvalue weighted by Crippen LogP contribution is 2.32. The van der Waals surface area contributed by atoms with Gasteiger partial charge >= 0.3 is 6.18 Å². The number of hydrogen-bond acceptors (Lipinski definition) is 1. The summed E-state index contributed by atoms with van der Waals surface area (Å²) in [6.45, 7) is 4.08. The summed E-state index contributed by atoms with van der Waals surface area (Å²) in [6, 6.07) is 37.6. The van der Waals surface area contributed by atoms with Gasteiger partial charge in [-0.05, 0) is 73.2 Å². The van der Waals surface area contributed by atoms with Crippen LogP contribution >= 0.6 is 0 Å². The van der Waals surface area contributed by atoms with Crippen LogP contribution < -0.4 is 16.2 Å². The maximum absolute atomic E-state index is 12.8. The molecule has 0 amide bonds. The first-order valence-corrected chi connectivity index (χ1v) is 12.5. The van der Waals surface area contributed by atoms with Crippen molar-refractivity contribution in [3.05, 3.63) is 149 Å². The lowest BCUT2D eigenvalue weighted by Crippen LogP contribution is -2.21. The minimum absolute atomic E-state index is 0.646. The Labute approximate surface area is 225 Å². The molecule has 5 rings (SSSR count). The number of rotatable bonds is 5. The van der Waals surface area contributed by atoms with Gasteiger partial charge < -0.3 is 5.73 Å². The lowest BCUT2D eigenvalue weighted by molar-refractivity contribution is -0.137. The molecule has 0 fully saturated rings. The van der Waals surface area contributed by atoms with Crippen LogP contribution in [0.4, 0.5) is 13.2 Å². The molecular formula is C35H26F3N. The smallest absolute Gasteiger partial charge is 0.404 e. The largest absolute Gasteiger partial charge is 0.416 e. The highest BCUT2D eigenvalue weighted by atomic mass is 19.4. The second-order valence-electron chi connectivity index (χ2n) is 9.27. The number of nitrogens with two attached hydrogens (primary N) is 1. The molecule has 0 aliphatic carbocycles. The molecule has 0 atom stereocenters. The molecule has 192 valence electrons. The summed E-state index contributed by atoms with van der Waals surface area (Å²) in [5.41, 5.74) is 13.1. The van der Waals surface area contributed by atoms with E-state index in [1.807, 2.05) is 54.6 Å². The topological polar surface area (TPSA) is 26.0 Å². The van der Waals surface area contributed by atoms with Gasteiger partial charge in [0.05, 0.1) is 5.56 Å². The third-order valence-corrected chi connectivity index (χ3v) is 6.75. The van der Waals surface area contributed by atoms with Crippen LogP contribution in [0.3, 0.4) is 0 Å². The van der Waals surface area contributed by atoms with E-state index < -0.39 is 11.7 Å². The Kier molecular flexibility index (Phi) is 7.20. The SMILES string of the molecule is C=c1cccc/c1=C/C(=C\N)c1ccc(-c2ccc(-c3ccc(-c4ccc(C(F)(F)F)cc4)cc3)cc2)cc1. The van der Waals surface area contributed by atoms with Gasteiger partial charge in [-0.25, -0.2) is 0 Å². The minimum Gasteiger partial charge on any atom is -0.404 e. The van der Waals surface area contributed by atoms with Crippen molar-refractivity contribution in [3.8, 4) is 33.4 Å². The van der Waals surface area contributed by atoms with E-state index in [0.717, 1.165) is 67.1 Å². The van der Waals surface area contributed by atoms with Gasteiger partial charge in [-0.15, -0.1) is 0 Å². The van der Waals surface area contributed by atoms with E-state index in [1.54, 1.807) is 6.20 Å². The van der Waals surface area contributed by atoms with E-state index in [1.165, 1.54) is 12.1 Å². The maximum Gasteiger partial charge on any atom is 0.416 e. The fraction of sp³-hybridized carbons (Fsp3) is 0.0286. The molecule has 0 aliphatic rings. The zero-order valence-corrected chi connectivity index (χ0v) is 21.1. The van der Waals surface area contributed by atoms with Crippen molar-refractivity contribution in [2.24, 2.45) is 5.73 Å². The Morgan fingerprint density at radius 3 is 1.33 bits per heavy atom. The summed E-state index contributed by atoms with van der Waals surface area (Å²) < 4.78 is 38.5. The van der Waals surface area contributed by atoms with Gasteiger partial charge in [-0.2, -0.15) is 13.2 Å². The van der Waals surface area contributed by atoms with Crippen LogP contribution in [-0.4, -0.2) is 0 Å². The summed E-state index contributed by atoms with van der Waals surface area (Å²) >= 11 is 0. The highest BCUT2D eigenvalue weighted by Gasteiger charge is 2.29. The summed E-state index contributed by atoms with van der Waals surface area (Å²) in [5, 5.41) is 1.98. The van der Waals surface area contributed by atoms with Gasteiger partial charge in [0.15, 0.2) is 0 Å². The van der Waals surface area contributed by atoms with Crippen molar-refractivity contribution in [2.45, 2.75) is 6.18 Å². The average molecular weight is 518 g/mol. The molecular weight excluding hydrogens is 491 g/mol. The Morgan fingerprint density at radius 1 is 0.564 bits per heavy atom. The molecule has 2 N–H and O–H groups in total. The van der Waals surface area contributed by atoms with E-state index in [0.29, 0.717) is 0 Å². The first-order chi connectivity index (χ1) is 18.8. The fourth-order valence-electron chi connectivity index (χ4n) is 4.49. The van der Waals surface area contributed by atoms with E-state index in [-0.39, 0.29) is 0 Å². The number of alkyl halides is 3. The van der Waals surface area contributed by atoms with Gasteiger partial charge in [0, 0.05) is 6.20 Å². The molecule has 0 bridgehead atoms. The molecule has 5 aromatic carbocycles. The third-order valence-electron chi connectivity index (χ3n) is 6.75. The standard InChI is InChI=1S/C35H26F3N/c1-24-4-2-3-5-32(24)22-33(23-39)31-16-14-28(15-17-31)27-8-6-25(7-9-27)26-10-12-29(13-11-26)30-18-20-34(21-19-30)35(36,37)38/h2-23H,1,39H2/b32-22-,33-23+. The average Bonchev–Trinajstić information content (AvgIpc) is 2.97. The molecule has 0 saturated carbocycles. The van der Waals surface area contributed by atoms with Crippen molar-refractivity contribution in [2.75, 3.05) is 0 Å². The molecule has 1 nitrogen and oxygen atoms in total. The number of hydrogen-bond donors (Lipinski definition) is 1. The fourth-order valence-corrected chi connectivity index (χ4v) is 4.49. The maximum atomic E-state index is 12.8. The molecule has 0 saturated heterocycles. The molecule has 39 heavy (non-hydrogen) atoms. The van der Waals surface area contributed by atoms with E-state index in [9.17, 15) is 13.2 Å². The number of halogens is 3. The molecule has 0 radical (unpaired) electrons. The molecule has 0 aliphatic heterocycles. The zero-order valence-electron chi connectivity index (χ0n) is 21.1. The van der Waals surface area contributed by atoms with Crippen LogP contribution in [0.2, 0.25) is 0 Å². The van der Waals surface area contributed by atoms with Crippen molar-refractivity contribution in [1.29, 1.82) is 0 Å². The monoisotopic (exact) mass is 517 g/mol. The van der Waals surface area contributed by atoms with E-state index >= 15 is 0 Å². The summed E-state index contributed by atoms with van der Waals surface area (Å²) in [7, 11) is 0. The first kappa shape index (κ1) is 25.8. The normalized spacial score (nSPS) is 12.5. The van der Waals surface area contributed by atoms with E-state index in [2.05, 4.69) is 55.1 Å². The Balaban J connectivity index is 1.31. The first-order valence-electron chi connectivity index (χ1n) is 12.5. The van der Waals surface area contributed by atoms with Crippen LogP contribution in [0, 0.1) is 0 Å². The van der Waals surface area contributed by atoms with Gasteiger partial charge in [-0.1, -0.05) is 116 Å². The minimum atomic E-state index is -4.33. The predicted octanol–water partition coefficient (Wildman–Crippen LogP) is 7.90. The zero-order chi connectivity index (χ0) is 27.4. The lowest BCUT2D eigenvalue weighted by atomic mass is 9.96. The van der Waals surface area contributed by atoms with Crippen LogP contribution in [0.1, 0.15) is 11.1 Å². The van der Waals surface area contributed by atoms with Crippen LogP contribution in [-0.2, 0) is 6.18 Å². The molecule has 0 heterocycles. The Hall–Kier alpha value is -4.83. The lowest BCUT2D eigenvalue weighted by Gasteiger charge is -2.09. The van der Waals surface area contributed by atoms with Gasteiger partial charge in [0.25, 0.3) is 0 Å². The van der Waals surface area contributed by atoms with Crippen molar-refractivity contribution >= 4 is 18.2 Å². The molecule has 0 aromatic heterocycles. The summed E-state index contributed by atoms with van der Waals surface area (Å²) in [6.07, 6.45) is -0.687. The van der Waals surface area contributed by atoms with Gasteiger partial charge in [0.2, 0.25) is 0 Å². The second kappa shape index (κ2) is 10.9. The predicted molar refractivity (Wildman–Crippen MR) is 156 cm³/mol. The van der Waals surface area contributed by atoms with Crippen molar-refractivity contribution in [1.82, 2.24) is 0 Å². The van der Waals surface area contributed by atoms with Crippen molar-refractivity contribution in [3.63, 3.8) is 0 Å². The van der Waals surface area contributed by atoms with Crippen molar-refractivity contribution < 1.29 is 13.2 Å². The summed E-state index contributed by atoms with van der Waals surface area (Å²) in [4.78, 5) is 0.